The van der Waals surface area contributed by atoms with E-state index in [1.54, 1.807) is 11.3 Å². The molecular formula is C18H24N4OS. The molecule has 1 aliphatic heterocycles. The molecule has 128 valence electrons. The van der Waals surface area contributed by atoms with E-state index in [4.69, 9.17) is 0 Å². The SMILES string of the molecule is Cc1nc(N(C)C[C@H]2CC(=O)N(C3CCCC3)C2)c2sccc2n1. The van der Waals surface area contributed by atoms with Crippen molar-refractivity contribution in [2.45, 2.75) is 45.1 Å². The Morgan fingerprint density at radius 3 is 2.92 bits per heavy atom. The summed E-state index contributed by atoms with van der Waals surface area (Å²) >= 11 is 1.69. The van der Waals surface area contributed by atoms with Crippen LogP contribution in [0.3, 0.4) is 0 Å². The summed E-state index contributed by atoms with van der Waals surface area (Å²) in [4.78, 5) is 25.9. The first-order valence-electron chi connectivity index (χ1n) is 8.84. The van der Waals surface area contributed by atoms with Gasteiger partial charge in [0, 0.05) is 38.5 Å². The number of likely N-dealkylation sites (tertiary alicyclic amines) is 1. The van der Waals surface area contributed by atoms with Crippen molar-refractivity contribution in [2.75, 3.05) is 25.0 Å². The molecule has 0 unspecified atom stereocenters. The summed E-state index contributed by atoms with van der Waals surface area (Å²) in [5, 5.41) is 2.07. The predicted molar refractivity (Wildman–Crippen MR) is 97.5 cm³/mol. The molecular weight excluding hydrogens is 320 g/mol. The minimum atomic E-state index is 0.348. The zero-order valence-corrected chi connectivity index (χ0v) is 15.2. The van der Waals surface area contributed by atoms with Crippen LogP contribution in [0.4, 0.5) is 5.82 Å². The van der Waals surface area contributed by atoms with Crippen LogP contribution in [-0.4, -0.2) is 47.0 Å². The van der Waals surface area contributed by atoms with E-state index in [9.17, 15) is 4.79 Å². The Morgan fingerprint density at radius 1 is 1.33 bits per heavy atom. The van der Waals surface area contributed by atoms with Crippen LogP contribution >= 0.6 is 11.3 Å². The summed E-state index contributed by atoms with van der Waals surface area (Å²) in [6, 6.07) is 2.55. The van der Waals surface area contributed by atoms with Crippen LogP contribution < -0.4 is 4.90 Å². The van der Waals surface area contributed by atoms with Crippen LogP contribution in [0, 0.1) is 12.8 Å². The Balaban J connectivity index is 1.48. The number of hydrogen-bond donors (Lipinski definition) is 0. The smallest absolute Gasteiger partial charge is 0.223 e. The molecule has 1 amide bonds. The van der Waals surface area contributed by atoms with Crippen molar-refractivity contribution in [3.8, 4) is 0 Å². The highest BCUT2D eigenvalue weighted by Gasteiger charge is 2.36. The number of carbonyl (C=O) groups excluding carboxylic acids is 1. The first-order chi connectivity index (χ1) is 11.6. The minimum Gasteiger partial charge on any atom is -0.358 e. The zero-order chi connectivity index (χ0) is 16.7. The van der Waals surface area contributed by atoms with E-state index < -0.39 is 0 Å². The Kier molecular flexibility index (Phi) is 4.16. The summed E-state index contributed by atoms with van der Waals surface area (Å²) < 4.78 is 1.14. The van der Waals surface area contributed by atoms with Crippen molar-refractivity contribution in [3.63, 3.8) is 0 Å². The Labute approximate surface area is 146 Å². The third kappa shape index (κ3) is 2.88. The molecule has 5 nitrogen and oxygen atoms in total. The monoisotopic (exact) mass is 344 g/mol. The van der Waals surface area contributed by atoms with Gasteiger partial charge in [-0.2, -0.15) is 0 Å². The van der Waals surface area contributed by atoms with Gasteiger partial charge in [-0.05, 0) is 31.2 Å². The molecule has 2 aromatic rings. The normalized spacial score (nSPS) is 22.0. The number of aromatic nitrogens is 2. The molecule has 1 aliphatic carbocycles. The highest BCUT2D eigenvalue weighted by atomic mass is 32.1. The van der Waals surface area contributed by atoms with Gasteiger partial charge in [0.1, 0.15) is 11.6 Å². The highest BCUT2D eigenvalue weighted by molar-refractivity contribution is 7.17. The van der Waals surface area contributed by atoms with E-state index >= 15 is 0 Å². The maximum absolute atomic E-state index is 12.4. The van der Waals surface area contributed by atoms with Crippen molar-refractivity contribution < 1.29 is 4.79 Å². The molecule has 24 heavy (non-hydrogen) atoms. The third-order valence-electron chi connectivity index (χ3n) is 5.30. The van der Waals surface area contributed by atoms with Gasteiger partial charge >= 0.3 is 0 Å². The lowest BCUT2D eigenvalue weighted by molar-refractivity contribution is -0.129. The number of aryl methyl sites for hydroxylation is 1. The lowest BCUT2D eigenvalue weighted by Gasteiger charge is -2.26. The summed E-state index contributed by atoms with van der Waals surface area (Å²) in [7, 11) is 2.09. The van der Waals surface area contributed by atoms with E-state index in [1.165, 1.54) is 25.7 Å². The van der Waals surface area contributed by atoms with E-state index in [-0.39, 0.29) is 0 Å². The maximum Gasteiger partial charge on any atom is 0.223 e. The van der Waals surface area contributed by atoms with Crippen LogP contribution in [-0.2, 0) is 4.79 Å². The molecule has 0 radical (unpaired) electrons. The number of rotatable bonds is 4. The van der Waals surface area contributed by atoms with Gasteiger partial charge in [0.05, 0.1) is 10.2 Å². The van der Waals surface area contributed by atoms with Gasteiger partial charge in [-0.25, -0.2) is 9.97 Å². The second-order valence-electron chi connectivity index (χ2n) is 7.16. The summed E-state index contributed by atoms with van der Waals surface area (Å²) in [6.45, 7) is 3.72. The first kappa shape index (κ1) is 15.8. The lowest BCUT2D eigenvalue weighted by Crippen LogP contribution is -2.35. The molecule has 2 fully saturated rings. The van der Waals surface area contributed by atoms with Crippen molar-refractivity contribution in [1.82, 2.24) is 14.9 Å². The fourth-order valence-corrected chi connectivity index (χ4v) is 5.07. The fraction of sp³-hybridized carbons (Fsp3) is 0.611. The van der Waals surface area contributed by atoms with Crippen LogP contribution in [0.1, 0.15) is 37.9 Å². The van der Waals surface area contributed by atoms with Crippen LogP contribution in [0.15, 0.2) is 11.4 Å². The van der Waals surface area contributed by atoms with Gasteiger partial charge < -0.3 is 9.80 Å². The van der Waals surface area contributed by atoms with Crippen molar-refractivity contribution >= 4 is 33.3 Å². The molecule has 0 aromatic carbocycles. The van der Waals surface area contributed by atoms with Crippen molar-refractivity contribution in [2.24, 2.45) is 5.92 Å². The topological polar surface area (TPSA) is 49.3 Å². The number of carbonyl (C=O) groups is 1. The Bertz CT molecular complexity index is 753. The quantitative estimate of drug-likeness (QED) is 0.854. The highest BCUT2D eigenvalue weighted by Crippen LogP contribution is 2.32. The second kappa shape index (κ2) is 6.31. The molecule has 1 saturated heterocycles. The van der Waals surface area contributed by atoms with Crippen LogP contribution in [0.5, 0.6) is 0 Å². The number of thiophene rings is 1. The van der Waals surface area contributed by atoms with E-state index in [0.717, 1.165) is 34.9 Å². The Hall–Kier alpha value is -1.69. The average molecular weight is 344 g/mol. The van der Waals surface area contributed by atoms with Gasteiger partial charge in [0.15, 0.2) is 0 Å². The molecule has 2 aromatic heterocycles. The number of fused-ring (bicyclic) bond motifs is 1. The molecule has 0 spiro atoms. The third-order valence-corrected chi connectivity index (χ3v) is 6.19. The van der Waals surface area contributed by atoms with Gasteiger partial charge in [-0.15, -0.1) is 11.3 Å². The van der Waals surface area contributed by atoms with Crippen LogP contribution in [0.2, 0.25) is 0 Å². The van der Waals surface area contributed by atoms with E-state index in [1.807, 2.05) is 13.0 Å². The molecule has 1 atom stereocenters. The van der Waals surface area contributed by atoms with Crippen LogP contribution in [0.25, 0.3) is 10.2 Å². The van der Waals surface area contributed by atoms with Gasteiger partial charge in [0.2, 0.25) is 5.91 Å². The summed E-state index contributed by atoms with van der Waals surface area (Å²) in [5.41, 5.74) is 1.02. The fourth-order valence-electron chi connectivity index (χ4n) is 4.19. The molecule has 0 bridgehead atoms. The van der Waals surface area contributed by atoms with Gasteiger partial charge in [0.25, 0.3) is 0 Å². The molecule has 0 N–H and O–H groups in total. The van der Waals surface area contributed by atoms with Gasteiger partial charge in [-0.1, -0.05) is 12.8 Å². The number of amides is 1. The van der Waals surface area contributed by atoms with Gasteiger partial charge in [-0.3, -0.25) is 4.79 Å². The number of nitrogens with zero attached hydrogens (tertiary/aromatic N) is 4. The minimum absolute atomic E-state index is 0.348. The van der Waals surface area contributed by atoms with Crippen molar-refractivity contribution in [3.05, 3.63) is 17.3 Å². The first-order valence-corrected chi connectivity index (χ1v) is 9.72. The molecule has 3 heterocycles. The molecule has 1 saturated carbocycles. The largest absolute Gasteiger partial charge is 0.358 e. The maximum atomic E-state index is 12.4. The number of anilines is 1. The summed E-state index contributed by atoms with van der Waals surface area (Å²) in [6.07, 6.45) is 5.61. The van der Waals surface area contributed by atoms with Crippen molar-refractivity contribution in [1.29, 1.82) is 0 Å². The summed E-state index contributed by atoms with van der Waals surface area (Å²) in [5.74, 6) is 2.55. The van der Waals surface area contributed by atoms with E-state index in [2.05, 4.69) is 32.2 Å². The predicted octanol–water partition coefficient (Wildman–Crippen LogP) is 3.23. The molecule has 6 heteroatoms. The lowest BCUT2D eigenvalue weighted by atomic mass is 10.1. The molecule has 4 rings (SSSR count). The standard InChI is InChI=1S/C18H24N4OS/c1-12-19-15-7-8-24-17(15)18(20-12)21(2)10-13-9-16(23)22(11-13)14-5-3-4-6-14/h7-8,13-14H,3-6,9-11H2,1-2H3/t13-/m1/s1. The zero-order valence-electron chi connectivity index (χ0n) is 14.4. The Morgan fingerprint density at radius 2 is 2.12 bits per heavy atom. The average Bonchev–Trinajstić information content (AvgIpc) is 3.26. The van der Waals surface area contributed by atoms with E-state index in [0.29, 0.717) is 24.3 Å². The second-order valence-corrected chi connectivity index (χ2v) is 8.08. The molecule has 2 aliphatic rings. The number of hydrogen-bond acceptors (Lipinski definition) is 5.